The van der Waals surface area contributed by atoms with Gasteiger partial charge in [-0.15, -0.1) is 0 Å². The molecule has 4 rings (SSSR count). The number of ether oxygens (including phenoxy) is 2. The fraction of sp³-hybridized carbons (Fsp3) is 0.458. The lowest BCUT2D eigenvalue weighted by atomic mass is 9.90. The van der Waals surface area contributed by atoms with Crippen molar-refractivity contribution in [2.24, 2.45) is 5.92 Å². The minimum atomic E-state index is -3.42. The number of amides is 1. The largest absolute Gasteiger partial charge is 0.449 e. The summed E-state index contributed by atoms with van der Waals surface area (Å²) in [7, 11) is -3.42. The summed E-state index contributed by atoms with van der Waals surface area (Å²) in [6.45, 7) is 2.10. The van der Waals surface area contributed by atoms with Crippen LogP contribution in [0, 0.1) is 5.92 Å². The van der Waals surface area contributed by atoms with E-state index in [2.05, 4.69) is 29.0 Å². The van der Waals surface area contributed by atoms with Crippen molar-refractivity contribution in [3.05, 3.63) is 60.2 Å². The quantitative estimate of drug-likeness (QED) is 0.689. The molecule has 1 N–H and O–H groups in total. The zero-order valence-electron chi connectivity index (χ0n) is 18.3. The predicted octanol–water partition coefficient (Wildman–Crippen LogP) is 3.06. The van der Waals surface area contributed by atoms with Crippen molar-refractivity contribution in [3.8, 4) is 11.1 Å². The minimum absolute atomic E-state index is 0.245. The van der Waals surface area contributed by atoms with Crippen molar-refractivity contribution >= 4 is 16.1 Å². The third-order valence-corrected chi connectivity index (χ3v) is 6.74. The monoisotopic (exact) mass is 458 g/mol. The second-order valence-electron chi connectivity index (χ2n) is 8.65. The highest BCUT2D eigenvalue weighted by Crippen LogP contribution is 2.26. The van der Waals surface area contributed by atoms with E-state index in [1.807, 2.05) is 30.3 Å². The van der Waals surface area contributed by atoms with Crippen molar-refractivity contribution in [2.45, 2.75) is 31.3 Å². The number of piperidine rings is 1. The van der Waals surface area contributed by atoms with E-state index in [0.717, 1.165) is 29.4 Å². The van der Waals surface area contributed by atoms with E-state index < -0.39 is 10.0 Å². The molecule has 2 fully saturated rings. The summed E-state index contributed by atoms with van der Waals surface area (Å²) in [5, 5.41) is 0. The summed E-state index contributed by atoms with van der Waals surface area (Å²) >= 11 is 0. The molecule has 172 valence electrons. The fourth-order valence-electron chi connectivity index (χ4n) is 4.35. The molecule has 1 amide bonds. The summed E-state index contributed by atoms with van der Waals surface area (Å²) in [5.74, 6) is 0.245. The van der Waals surface area contributed by atoms with Gasteiger partial charge in [0.2, 0.25) is 10.0 Å². The van der Waals surface area contributed by atoms with Crippen LogP contribution in [0.4, 0.5) is 4.79 Å². The van der Waals surface area contributed by atoms with E-state index in [9.17, 15) is 13.2 Å². The highest BCUT2D eigenvalue weighted by atomic mass is 32.2. The summed E-state index contributed by atoms with van der Waals surface area (Å²) < 4.78 is 37.5. The van der Waals surface area contributed by atoms with Gasteiger partial charge in [0.15, 0.2) is 0 Å². The maximum atomic E-state index is 12.9. The Morgan fingerprint density at radius 1 is 1.12 bits per heavy atom. The Kier molecular flexibility index (Phi) is 7.13. The van der Waals surface area contributed by atoms with Crippen LogP contribution >= 0.6 is 0 Å². The molecule has 2 aromatic carbocycles. The Labute approximate surface area is 189 Å². The van der Waals surface area contributed by atoms with Crippen LogP contribution in [0.1, 0.15) is 18.4 Å². The number of carbonyl (C=O) groups is 1. The zero-order chi connectivity index (χ0) is 22.6. The van der Waals surface area contributed by atoms with Crippen LogP contribution in [-0.4, -0.2) is 64.1 Å². The van der Waals surface area contributed by atoms with Gasteiger partial charge in [-0.3, -0.25) is 0 Å². The van der Waals surface area contributed by atoms with Crippen LogP contribution in [0.5, 0.6) is 0 Å². The van der Waals surface area contributed by atoms with E-state index in [0.29, 0.717) is 39.2 Å². The molecular formula is C24H30N2O5S. The molecule has 2 aliphatic rings. The molecule has 2 saturated heterocycles. The average Bonchev–Trinajstić information content (AvgIpc) is 2.73. The molecule has 0 spiro atoms. The van der Waals surface area contributed by atoms with Crippen molar-refractivity contribution in [2.75, 3.05) is 32.6 Å². The Balaban J connectivity index is 1.55. The van der Waals surface area contributed by atoms with Gasteiger partial charge < -0.3 is 14.4 Å². The molecule has 7 nitrogen and oxygen atoms in total. The average molecular weight is 459 g/mol. The lowest BCUT2D eigenvalue weighted by Crippen LogP contribution is -2.58. The van der Waals surface area contributed by atoms with E-state index in [1.54, 1.807) is 4.90 Å². The third kappa shape index (κ3) is 5.88. The first-order chi connectivity index (χ1) is 15.4. The Morgan fingerprint density at radius 3 is 2.56 bits per heavy atom. The minimum Gasteiger partial charge on any atom is -0.449 e. The molecule has 8 heteroatoms. The van der Waals surface area contributed by atoms with Gasteiger partial charge in [-0.25, -0.2) is 17.9 Å². The molecule has 2 heterocycles. The maximum Gasteiger partial charge on any atom is 0.410 e. The summed E-state index contributed by atoms with van der Waals surface area (Å²) in [4.78, 5) is 14.6. The van der Waals surface area contributed by atoms with Crippen molar-refractivity contribution < 1.29 is 22.7 Å². The standard InChI is InChI=1S/C24H30N2O5S/c1-32(28,29)25-22-11-6-12-26(24(27)31-17-19-15-30-16-19)23(22)14-18-7-5-10-21(13-18)20-8-3-2-4-9-20/h2-5,7-10,13,19,22-23,25H,6,11-12,14-17H2,1H3/t22-,23-/m0/s1. The highest BCUT2D eigenvalue weighted by Gasteiger charge is 2.37. The van der Waals surface area contributed by atoms with E-state index in [4.69, 9.17) is 9.47 Å². The van der Waals surface area contributed by atoms with E-state index in [1.165, 1.54) is 0 Å². The zero-order valence-corrected chi connectivity index (χ0v) is 19.1. The van der Waals surface area contributed by atoms with E-state index in [-0.39, 0.29) is 24.1 Å². The van der Waals surface area contributed by atoms with Crippen molar-refractivity contribution in [1.82, 2.24) is 9.62 Å². The molecule has 32 heavy (non-hydrogen) atoms. The Bertz CT molecular complexity index is 1020. The molecule has 0 radical (unpaired) electrons. The molecule has 0 unspecified atom stereocenters. The van der Waals surface area contributed by atoms with Crippen molar-refractivity contribution in [3.63, 3.8) is 0 Å². The first kappa shape index (κ1) is 22.8. The lowest BCUT2D eigenvalue weighted by Gasteiger charge is -2.41. The van der Waals surface area contributed by atoms with Crippen LogP contribution in [-0.2, 0) is 25.9 Å². The van der Waals surface area contributed by atoms with Gasteiger partial charge in [-0.2, -0.15) is 0 Å². The molecule has 0 saturated carbocycles. The Morgan fingerprint density at radius 2 is 1.88 bits per heavy atom. The molecule has 2 aliphatic heterocycles. The topological polar surface area (TPSA) is 84.9 Å². The molecular weight excluding hydrogens is 428 g/mol. The van der Waals surface area contributed by atoms with Gasteiger partial charge in [0, 0.05) is 18.5 Å². The summed E-state index contributed by atoms with van der Waals surface area (Å²) in [5.41, 5.74) is 3.25. The lowest BCUT2D eigenvalue weighted by molar-refractivity contribution is -0.0632. The smallest absolute Gasteiger partial charge is 0.410 e. The number of hydrogen-bond donors (Lipinski definition) is 1. The molecule has 2 atom stereocenters. The van der Waals surface area contributed by atoms with Crippen LogP contribution in [0.25, 0.3) is 11.1 Å². The maximum absolute atomic E-state index is 12.9. The van der Waals surface area contributed by atoms with Gasteiger partial charge >= 0.3 is 6.09 Å². The van der Waals surface area contributed by atoms with Gasteiger partial charge in [0.25, 0.3) is 0 Å². The number of carbonyl (C=O) groups excluding carboxylic acids is 1. The number of sulfonamides is 1. The van der Waals surface area contributed by atoms with Gasteiger partial charge in [-0.1, -0.05) is 54.6 Å². The van der Waals surface area contributed by atoms with Gasteiger partial charge in [-0.05, 0) is 36.0 Å². The SMILES string of the molecule is CS(=O)(=O)N[C@H]1CCCN(C(=O)OCC2COC2)[C@H]1Cc1cccc(-c2ccccc2)c1. The number of nitrogens with one attached hydrogen (secondary N) is 1. The van der Waals surface area contributed by atoms with Gasteiger partial charge in [0.1, 0.15) is 6.61 Å². The van der Waals surface area contributed by atoms with Crippen LogP contribution in [0.3, 0.4) is 0 Å². The third-order valence-electron chi connectivity index (χ3n) is 6.01. The number of hydrogen-bond acceptors (Lipinski definition) is 5. The molecule has 2 aromatic rings. The second kappa shape index (κ2) is 10.0. The fourth-order valence-corrected chi connectivity index (χ4v) is 5.18. The van der Waals surface area contributed by atoms with E-state index >= 15 is 0 Å². The van der Waals surface area contributed by atoms with Crippen LogP contribution in [0.15, 0.2) is 54.6 Å². The highest BCUT2D eigenvalue weighted by molar-refractivity contribution is 7.88. The normalized spacial score (nSPS) is 21.7. The first-order valence-corrected chi connectivity index (χ1v) is 12.9. The second-order valence-corrected chi connectivity index (χ2v) is 10.4. The summed E-state index contributed by atoms with van der Waals surface area (Å²) in [6, 6.07) is 17.6. The number of benzene rings is 2. The first-order valence-electron chi connectivity index (χ1n) is 11.0. The number of likely N-dealkylation sites (tertiary alicyclic amines) is 1. The molecule has 0 aliphatic carbocycles. The molecule has 0 bridgehead atoms. The number of nitrogens with zero attached hydrogens (tertiary/aromatic N) is 1. The van der Waals surface area contributed by atoms with Crippen LogP contribution < -0.4 is 4.72 Å². The van der Waals surface area contributed by atoms with Crippen LogP contribution in [0.2, 0.25) is 0 Å². The summed E-state index contributed by atoms with van der Waals surface area (Å²) in [6.07, 6.45) is 2.70. The number of rotatable bonds is 7. The van der Waals surface area contributed by atoms with Crippen molar-refractivity contribution in [1.29, 1.82) is 0 Å². The Hall–Kier alpha value is -2.42. The van der Waals surface area contributed by atoms with Gasteiger partial charge in [0.05, 0.1) is 25.5 Å². The predicted molar refractivity (Wildman–Crippen MR) is 123 cm³/mol. The molecule has 0 aromatic heterocycles.